The van der Waals surface area contributed by atoms with E-state index in [9.17, 15) is 0 Å². The molecule has 0 aliphatic carbocycles. The summed E-state index contributed by atoms with van der Waals surface area (Å²) in [4.78, 5) is 0. The van der Waals surface area contributed by atoms with Gasteiger partial charge in [-0.3, -0.25) is 0 Å². The summed E-state index contributed by atoms with van der Waals surface area (Å²) in [5.74, 6) is 0. The lowest BCUT2D eigenvalue weighted by atomic mass is 11.8. The molecule has 0 fully saturated rings. The van der Waals surface area contributed by atoms with Gasteiger partial charge in [0.15, 0.2) is 0 Å². The minimum atomic E-state index is -0.869. The Bertz CT molecular complexity index is 143. The van der Waals surface area contributed by atoms with Crippen LogP contribution in [0.15, 0.2) is 0 Å². The number of hydrogen-bond acceptors (Lipinski definition) is 0. The molecule has 0 heterocycles. The molecule has 0 spiro atoms. The van der Waals surface area contributed by atoms with E-state index in [2.05, 4.69) is 58.9 Å². The van der Waals surface area contributed by atoms with Crippen molar-refractivity contribution in [3.63, 3.8) is 0 Å². The first-order chi connectivity index (χ1) is 5.37. The fraction of sp³-hybridized carbons (Fsp3) is 1.00. The Morgan fingerprint density at radius 3 is 0.643 bits per heavy atom. The highest BCUT2D eigenvalue weighted by Crippen LogP contribution is 2.61. The first-order valence-corrected chi connectivity index (χ1v) is 19.5. The van der Waals surface area contributed by atoms with Crippen molar-refractivity contribution >= 4 is 42.2 Å². The van der Waals surface area contributed by atoms with Crippen molar-refractivity contribution in [3.8, 4) is 0 Å². The van der Waals surface area contributed by atoms with Crippen molar-refractivity contribution < 1.29 is 0 Å². The van der Waals surface area contributed by atoms with Gasteiger partial charge in [-0.25, -0.2) is 0 Å². The first kappa shape index (κ1) is 17.8. The molecule has 0 amide bonds. The van der Waals surface area contributed by atoms with Crippen molar-refractivity contribution in [1.82, 2.24) is 0 Å². The summed E-state index contributed by atoms with van der Waals surface area (Å²) < 4.78 is 0. The van der Waals surface area contributed by atoms with Crippen LogP contribution in [0.4, 0.5) is 0 Å². The smallest absolute Gasteiger partial charge is 0.0640 e. The molecule has 14 heavy (non-hydrogen) atoms. The summed E-state index contributed by atoms with van der Waals surface area (Å²) in [5.41, 5.74) is 0. The fourth-order valence-electron chi connectivity index (χ4n) is 3.02. The van der Waals surface area contributed by atoms with Gasteiger partial charge in [-0.1, -0.05) is 58.9 Å². The minimum Gasteiger partial charge on any atom is -0.147 e. The van der Waals surface area contributed by atoms with Crippen LogP contribution in [0.3, 0.4) is 0 Å². The second kappa shape index (κ2) is 5.13. The molecule has 5 heteroatoms. The van der Waals surface area contributed by atoms with Crippen LogP contribution in [-0.4, -0.2) is 23.2 Å². The van der Waals surface area contributed by atoms with E-state index in [0.29, 0.717) is 6.57 Å². The lowest BCUT2D eigenvalue weighted by Crippen LogP contribution is -2.43. The highest BCUT2D eigenvalue weighted by atomic mass is 35.5. The van der Waals surface area contributed by atoms with Crippen LogP contribution in [0, 0.1) is 0 Å². The summed E-state index contributed by atoms with van der Waals surface area (Å²) in [6.07, 6.45) is 0. The Balaban J connectivity index is 0. The molecule has 0 aromatic heterocycles. The average molecular weight is 287 g/mol. The van der Waals surface area contributed by atoms with Gasteiger partial charge in [0, 0.05) is 0 Å². The molecule has 88 valence electrons. The number of rotatable bonds is 3. The lowest BCUT2D eigenvalue weighted by Gasteiger charge is -2.47. The maximum absolute atomic E-state index is 2.59. The molecule has 0 bridgehead atoms. The molecule has 0 atom stereocenters. The van der Waals surface area contributed by atoms with E-state index < -0.39 is 23.2 Å². The van der Waals surface area contributed by atoms with Crippen LogP contribution >= 0.6 is 19.0 Å². The van der Waals surface area contributed by atoms with Crippen molar-refractivity contribution in [2.24, 2.45) is 0 Å². The van der Waals surface area contributed by atoms with Crippen LogP contribution in [0.2, 0.25) is 58.9 Å². The molecule has 0 saturated carbocycles. The monoisotopic (exact) mass is 286 g/mol. The zero-order valence-corrected chi connectivity index (χ0v) is 16.1. The Labute approximate surface area is 101 Å². The SMILES string of the molecule is C[Si](C)(C)P([Si](C)(C)C)[Si](C)(C)C.Cl. The molecule has 0 aromatic rings. The quantitative estimate of drug-likeness (QED) is 0.482. The largest absolute Gasteiger partial charge is 0.147 e. The standard InChI is InChI=1S/C9H27PSi3.ClH/c1-11(2,3)10(12(4,5)6)13(7,8)9;/h1-9H3;1H. The van der Waals surface area contributed by atoms with Crippen LogP contribution in [0.1, 0.15) is 0 Å². The summed E-state index contributed by atoms with van der Waals surface area (Å²) in [7, 11) is -2.61. The summed E-state index contributed by atoms with van der Waals surface area (Å²) in [5, 5.41) is 0. The highest BCUT2D eigenvalue weighted by Gasteiger charge is 2.44. The molecule has 0 aromatic carbocycles. The van der Waals surface area contributed by atoms with Gasteiger partial charge in [0.2, 0.25) is 0 Å². The third kappa shape index (κ3) is 5.45. The van der Waals surface area contributed by atoms with E-state index >= 15 is 0 Å². The predicted molar refractivity (Wildman–Crippen MR) is 84.2 cm³/mol. The summed E-state index contributed by atoms with van der Waals surface area (Å²) >= 11 is 0. The summed E-state index contributed by atoms with van der Waals surface area (Å²) in [6, 6.07) is 0. The zero-order valence-electron chi connectivity index (χ0n) is 11.4. The van der Waals surface area contributed by atoms with Crippen molar-refractivity contribution in [2.75, 3.05) is 0 Å². The molecule has 0 unspecified atom stereocenters. The number of halogens is 1. The Kier molecular flexibility index (Phi) is 6.51. The van der Waals surface area contributed by atoms with Crippen molar-refractivity contribution in [2.45, 2.75) is 58.9 Å². The van der Waals surface area contributed by atoms with E-state index in [0.717, 1.165) is 0 Å². The van der Waals surface area contributed by atoms with Crippen molar-refractivity contribution in [1.29, 1.82) is 0 Å². The zero-order chi connectivity index (χ0) is 11.1. The molecule has 0 N–H and O–H groups in total. The first-order valence-electron chi connectivity index (χ1n) is 5.17. The second-order valence-electron chi connectivity index (χ2n) is 6.85. The van der Waals surface area contributed by atoms with Gasteiger partial charge in [-0.05, 0) is 0 Å². The Morgan fingerprint density at radius 1 is 0.500 bits per heavy atom. The van der Waals surface area contributed by atoms with Gasteiger partial charge in [0.25, 0.3) is 0 Å². The number of hydrogen-bond donors (Lipinski definition) is 0. The highest BCUT2D eigenvalue weighted by molar-refractivity contribution is 8.37. The van der Waals surface area contributed by atoms with E-state index in [1.54, 1.807) is 0 Å². The van der Waals surface area contributed by atoms with Crippen LogP contribution < -0.4 is 0 Å². The maximum Gasteiger partial charge on any atom is 0.0640 e. The third-order valence-corrected chi connectivity index (χ3v) is 54.3. The molecule has 0 aliphatic rings. The van der Waals surface area contributed by atoms with E-state index in [4.69, 9.17) is 0 Å². The molecule has 0 aliphatic heterocycles. The fourth-order valence-corrected chi connectivity index (χ4v) is 81.5. The molecular weight excluding hydrogens is 259 g/mol. The third-order valence-electron chi connectivity index (χ3n) is 2.01. The summed E-state index contributed by atoms with van der Waals surface area (Å²) in [6.45, 7) is 23.8. The van der Waals surface area contributed by atoms with E-state index in [1.165, 1.54) is 0 Å². The van der Waals surface area contributed by atoms with Gasteiger partial charge < -0.3 is 0 Å². The van der Waals surface area contributed by atoms with Gasteiger partial charge in [-0.15, -0.1) is 19.0 Å². The molecule has 0 nitrogen and oxygen atoms in total. The molecule has 0 rings (SSSR count). The van der Waals surface area contributed by atoms with Crippen LogP contribution in [0.25, 0.3) is 0 Å². The Hall–Kier alpha value is 1.37. The molecule has 0 saturated heterocycles. The van der Waals surface area contributed by atoms with E-state index in [-0.39, 0.29) is 12.4 Å². The Morgan fingerprint density at radius 2 is 0.643 bits per heavy atom. The molecular formula is C9H28ClPSi3. The topological polar surface area (TPSA) is 0 Å². The van der Waals surface area contributed by atoms with E-state index in [1.807, 2.05) is 0 Å². The average Bonchev–Trinajstić information content (AvgIpc) is 1.44. The predicted octanol–water partition coefficient (Wildman–Crippen LogP) is 5.39. The maximum atomic E-state index is 2.59. The van der Waals surface area contributed by atoms with Gasteiger partial charge in [0.05, 0.1) is 23.2 Å². The normalized spacial score (nSPS) is 14.1. The second-order valence-corrected chi connectivity index (χ2v) is 40.7. The minimum absolute atomic E-state index is 0. The molecule has 0 radical (unpaired) electrons. The lowest BCUT2D eigenvalue weighted by molar-refractivity contribution is 1.81. The van der Waals surface area contributed by atoms with Crippen LogP contribution in [0.5, 0.6) is 0 Å². The van der Waals surface area contributed by atoms with Crippen molar-refractivity contribution in [3.05, 3.63) is 0 Å². The van der Waals surface area contributed by atoms with Gasteiger partial charge >= 0.3 is 0 Å². The van der Waals surface area contributed by atoms with Crippen LogP contribution in [-0.2, 0) is 0 Å². The van der Waals surface area contributed by atoms with Gasteiger partial charge in [0.1, 0.15) is 0 Å². The van der Waals surface area contributed by atoms with Gasteiger partial charge in [-0.2, -0.15) is 0 Å².